The number of halogens is 2. The van der Waals surface area contributed by atoms with Gasteiger partial charge in [-0.05, 0) is 85.6 Å². The second kappa shape index (κ2) is 8.10. The van der Waals surface area contributed by atoms with Gasteiger partial charge in [0.1, 0.15) is 0 Å². The van der Waals surface area contributed by atoms with E-state index in [0.29, 0.717) is 27.8 Å². The third-order valence-electron chi connectivity index (χ3n) is 10.0. The Bertz CT molecular complexity index is 1380. The molecular weight excluding hydrogens is 501 g/mol. The number of nitrogens with zero attached hydrogens (tertiary/aromatic N) is 3. The smallest absolute Gasteiger partial charge is 0.176 e. The molecule has 6 heteroatoms. The van der Waals surface area contributed by atoms with Crippen molar-refractivity contribution >= 4 is 40.7 Å². The number of Topliss-reactive ketones (excluding diaryl/α,β-unsaturated/α-hetero) is 1. The van der Waals surface area contributed by atoms with E-state index in [2.05, 4.69) is 17.0 Å². The summed E-state index contributed by atoms with van der Waals surface area (Å²) in [4.78, 5) is 17.2. The van der Waals surface area contributed by atoms with Crippen molar-refractivity contribution in [2.75, 3.05) is 4.90 Å². The molecule has 0 amide bonds. The minimum Gasteiger partial charge on any atom is -0.351 e. The second-order valence-electron chi connectivity index (χ2n) is 12.0. The number of hydrogen-bond donors (Lipinski definition) is 0. The predicted octanol–water partition coefficient (Wildman–Crippen LogP) is 7.18. The quantitative estimate of drug-likeness (QED) is 0.423. The lowest BCUT2D eigenvalue weighted by Gasteiger charge is -2.57. The van der Waals surface area contributed by atoms with Gasteiger partial charge in [-0.3, -0.25) is 4.79 Å². The van der Waals surface area contributed by atoms with Crippen molar-refractivity contribution in [2.45, 2.75) is 56.5 Å². The van der Waals surface area contributed by atoms with Crippen LogP contribution >= 0.6 is 23.2 Å². The molecule has 3 atom stereocenters. The number of hydrogen-bond acceptors (Lipinski definition) is 4. The third kappa shape index (κ3) is 3.16. The fourth-order valence-electron chi connectivity index (χ4n) is 9.04. The molecule has 2 aromatic rings. The first-order valence-corrected chi connectivity index (χ1v) is 14.0. The van der Waals surface area contributed by atoms with Crippen LogP contribution < -0.4 is 4.90 Å². The Balaban J connectivity index is 1.45. The lowest BCUT2D eigenvalue weighted by atomic mass is 9.47. The Hall–Kier alpha value is -2.79. The first-order valence-electron chi connectivity index (χ1n) is 13.3. The van der Waals surface area contributed by atoms with Gasteiger partial charge in [-0.15, -0.1) is 0 Å². The monoisotopic (exact) mass is 527 g/mol. The standard InChI is InChI=1S/C31H27Cl2N3O/c32-23-7-5-22(12-24(23)33)27-28(29(37)30-13-18-9-19(14-30)11-20(10-18)15-30)36-25-4-2-1-3-21(25)6-8-26(36)31(27,16-34)17-35/h1-8,12,18-20,26-28H,9-11,13-15H2/t18?,19?,20?,26-,27+,28-,30?/m0/s1. The highest BCUT2D eigenvalue weighted by atomic mass is 35.5. The molecule has 6 aliphatic rings. The zero-order chi connectivity index (χ0) is 25.5. The van der Waals surface area contributed by atoms with Crippen molar-refractivity contribution in [3.63, 3.8) is 0 Å². The van der Waals surface area contributed by atoms with Crippen LogP contribution in [-0.2, 0) is 4.79 Å². The van der Waals surface area contributed by atoms with E-state index in [1.165, 1.54) is 19.3 Å². The summed E-state index contributed by atoms with van der Waals surface area (Å²) in [6, 6.07) is 17.0. The van der Waals surface area contributed by atoms with E-state index >= 15 is 4.79 Å². The van der Waals surface area contributed by atoms with E-state index in [1.807, 2.05) is 42.5 Å². The van der Waals surface area contributed by atoms with Gasteiger partial charge >= 0.3 is 0 Å². The van der Waals surface area contributed by atoms with E-state index in [0.717, 1.165) is 36.1 Å². The number of fused-ring (bicyclic) bond motifs is 3. The molecule has 2 aliphatic heterocycles. The van der Waals surface area contributed by atoms with Crippen LogP contribution in [0, 0.1) is 51.2 Å². The number of para-hydroxylation sites is 1. The molecule has 0 spiro atoms. The number of benzene rings is 2. The Labute approximate surface area is 227 Å². The highest BCUT2D eigenvalue weighted by Gasteiger charge is 2.67. The molecule has 2 heterocycles. The van der Waals surface area contributed by atoms with Gasteiger partial charge in [0, 0.05) is 17.0 Å². The van der Waals surface area contributed by atoms with Crippen molar-refractivity contribution in [1.82, 2.24) is 0 Å². The summed E-state index contributed by atoms with van der Waals surface area (Å²) in [5.74, 6) is 1.40. The van der Waals surface area contributed by atoms with Crippen LogP contribution in [0.15, 0.2) is 48.5 Å². The predicted molar refractivity (Wildman–Crippen MR) is 144 cm³/mol. The van der Waals surface area contributed by atoms with E-state index in [9.17, 15) is 10.5 Å². The molecule has 5 fully saturated rings. The summed E-state index contributed by atoms with van der Waals surface area (Å²) in [7, 11) is 0. The Morgan fingerprint density at radius 1 is 0.919 bits per heavy atom. The van der Waals surface area contributed by atoms with Gasteiger partial charge in [0.2, 0.25) is 0 Å². The van der Waals surface area contributed by atoms with Crippen molar-refractivity contribution in [2.24, 2.45) is 28.6 Å². The minimum absolute atomic E-state index is 0.213. The van der Waals surface area contributed by atoms with Crippen LogP contribution in [-0.4, -0.2) is 17.9 Å². The minimum atomic E-state index is -1.45. The highest BCUT2D eigenvalue weighted by molar-refractivity contribution is 6.42. The molecule has 0 N–H and O–H groups in total. The second-order valence-corrected chi connectivity index (χ2v) is 12.8. The summed E-state index contributed by atoms with van der Waals surface area (Å²) >= 11 is 12.8. The average Bonchev–Trinajstić information content (AvgIpc) is 3.20. The van der Waals surface area contributed by atoms with Gasteiger partial charge in [0.25, 0.3) is 0 Å². The molecule has 4 saturated carbocycles. The zero-order valence-electron chi connectivity index (χ0n) is 20.4. The van der Waals surface area contributed by atoms with Gasteiger partial charge in [-0.1, -0.05) is 59.6 Å². The highest BCUT2D eigenvalue weighted by Crippen LogP contribution is 2.63. The number of ketones is 1. The van der Waals surface area contributed by atoms with Crippen LogP contribution in [0.5, 0.6) is 0 Å². The van der Waals surface area contributed by atoms with Gasteiger partial charge in [-0.25, -0.2) is 0 Å². The van der Waals surface area contributed by atoms with E-state index < -0.39 is 23.4 Å². The molecule has 8 rings (SSSR count). The van der Waals surface area contributed by atoms with Crippen molar-refractivity contribution < 1.29 is 4.79 Å². The molecule has 186 valence electrons. The fourth-order valence-corrected chi connectivity index (χ4v) is 9.35. The maximum atomic E-state index is 15.1. The molecule has 2 aromatic carbocycles. The Morgan fingerprint density at radius 3 is 2.19 bits per heavy atom. The number of carbonyl (C=O) groups is 1. The molecule has 0 radical (unpaired) electrons. The van der Waals surface area contributed by atoms with Gasteiger partial charge in [0.15, 0.2) is 11.2 Å². The fraction of sp³-hybridized carbons (Fsp3) is 0.452. The topological polar surface area (TPSA) is 67.9 Å². The van der Waals surface area contributed by atoms with E-state index in [1.54, 1.807) is 12.1 Å². The maximum Gasteiger partial charge on any atom is 0.176 e. The number of carbonyl (C=O) groups excluding carboxylic acids is 1. The number of rotatable bonds is 3. The summed E-state index contributed by atoms with van der Waals surface area (Å²) in [5, 5.41) is 22.2. The van der Waals surface area contributed by atoms with Gasteiger partial charge in [-0.2, -0.15) is 10.5 Å². The van der Waals surface area contributed by atoms with Gasteiger partial charge < -0.3 is 4.90 Å². The maximum absolute atomic E-state index is 15.1. The molecule has 1 saturated heterocycles. The normalized spacial score (nSPS) is 35.9. The summed E-state index contributed by atoms with van der Waals surface area (Å²) in [6.45, 7) is 0. The molecule has 4 bridgehead atoms. The summed E-state index contributed by atoms with van der Waals surface area (Å²) in [6.07, 6.45) is 10.5. The molecule has 0 unspecified atom stereocenters. The first-order chi connectivity index (χ1) is 17.9. The molecule has 37 heavy (non-hydrogen) atoms. The Morgan fingerprint density at radius 2 is 1.57 bits per heavy atom. The summed E-state index contributed by atoms with van der Waals surface area (Å²) < 4.78 is 0. The van der Waals surface area contributed by atoms with Crippen molar-refractivity contribution in [3.8, 4) is 12.1 Å². The van der Waals surface area contributed by atoms with E-state index in [-0.39, 0.29) is 11.2 Å². The van der Waals surface area contributed by atoms with Crippen LogP contribution in [0.4, 0.5) is 5.69 Å². The van der Waals surface area contributed by atoms with Crippen molar-refractivity contribution in [3.05, 3.63) is 69.7 Å². The Kier molecular flexibility index (Phi) is 5.11. The van der Waals surface area contributed by atoms with Crippen molar-refractivity contribution in [1.29, 1.82) is 10.5 Å². The van der Waals surface area contributed by atoms with Crippen LogP contribution in [0.1, 0.15) is 55.6 Å². The largest absolute Gasteiger partial charge is 0.351 e. The third-order valence-corrected chi connectivity index (χ3v) is 10.8. The lowest BCUT2D eigenvalue weighted by Crippen LogP contribution is -2.56. The zero-order valence-corrected chi connectivity index (χ0v) is 21.9. The van der Waals surface area contributed by atoms with Gasteiger partial charge in [0.05, 0.1) is 34.3 Å². The number of nitriles is 2. The van der Waals surface area contributed by atoms with Crippen LogP contribution in [0.25, 0.3) is 6.08 Å². The average molecular weight is 528 g/mol. The lowest BCUT2D eigenvalue weighted by molar-refractivity contribution is -0.145. The summed E-state index contributed by atoms with van der Waals surface area (Å²) in [5.41, 5.74) is 0.803. The SMILES string of the molecule is N#CC1(C#N)[C@H](c2ccc(Cl)c(Cl)c2)[C@@H](C(=O)C23CC4CC(CC(C4)C2)C3)N2c3ccccc3C=C[C@H]21. The first kappa shape index (κ1) is 23.3. The van der Waals surface area contributed by atoms with E-state index in [4.69, 9.17) is 23.2 Å². The number of anilines is 1. The molecule has 4 aliphatic carbocycles. The van der Waals surface area contributed by atoms with Crippen LogP contribution in [0.2, 0.25) is 10.0 Å². The molecule has 4 nitrogen and oxygen atoms in total. The molecule has 0 aromatic heterocycles. The molecular formula is C31H27Cl2N3O. The van der Waals surface area contributed by atoms with Crippen LogP contribution in [0.3, 0.4) is 0 Å².